The summed E-state index contributed by atoms with van der Waals surface area (Å²) in [6.07, 6.45) is 2.92. The summed E-state index contributed by atoms with van der Waals surface area (Å²) in [4.78, 5) is 25.1. The van der Waals surface area contributed by atoms with Gasteiger partial charge in [0.05, 0.1) is 12.8 Å². The fourth-order valence-corrected chi connectivity index (χ4v) is 2.97. The smallest absolute Gasteiger partial charge is 0.262 e. The minimum absolute atomic E-state index is 0.169. The van der Waals surface area contributed by atoms with E-state index >= 15 is 0 Å². The molecule has 1 atom stereocenters. The molecule has 7 heteroatoms. The predicted molar refractivity (Wildman–Crippen MR) is 126 cm³/mol. The lowest BCUT2D eigenvalue weighted by Crippen LogP contribution is -2.47. The van der Waals surface area contributed by atoms with Gasteiger partial charge in [-0.1, -0.05) is 51.1 Å². The van der Waals surface area contributed by atoms with E-state index in [1.165, 1.54) is 0 Å². The second-order valence-corrected chi connectivity index (χ2v) is 7.92. The Morgan fingerprint density at radius 2 is 1.72 bits per heavy atom. The molecule has 2 aromatic rings. The Balaban J connectivity index is 1.95. The lowest BCUT2D eigenvalue weighted by molar-refractivity contribution is -0.130. The molecular weight excluding hydrogens is 406 g/mol. The molecule has 172 valence electrons. The van der Waals surface area contributed by atoms with Gasteiger partial charge in [0.1, 0.15) is 17.5 Å². The Morgan fingerprint density at radius 1 is 1.03 bits per heavy atom. The highest BCUT2D eigenvalue weighted by Gasteiger charge is 2.22. The summed E-state index contributed by atoms with van der Waals surface area (Å²) in [6, 6.07) is 14.2. The third-order valence-electron chi connectivity index (χ3n) is 4.57. The standard InChI is InChI=1S/C25H33N3O4/c1-5-14-31-23-13-9-7-11-20(23)16-26-28-25(30)21(15-18(2)3)27-24(29)17-32-22-12-8-6-10-19(22)4/h6-13,16,18,21H,5,14-15,17H2,1-4H3,(H,27,29)(H,28,30)/b26-16-/t21-/m1/s1. The molecule has 2 aromatic carbocycles. The zero-order valence-corrected chi connectivity index (χ0v) is 19.3. The zero-order chi connectivity index (χ0) is 23.3. The fourth-order valence-electron chi connectivity index (χ4n) is 2.97. The summed E-state index contributed by atoms with van der Waals surface area (Å²) in [5, 5.41) is 6.82. The van der Waals surface area contributed by atoms with Crippen molar-refractivity contribution in [2.75, 3.05) is 13.2 Å². The second kappa shape index (κ2) is 13.1. The van der Waals surface area contributed by atoms with Crippen molar-refractivity contribution in [1.29, 1.82) is 0 Å². The number of benzene rings is 2. The normalized spacial score (nSPS) is 11.9. The van der Waals surface area contributed by atoms with E-state index in [1.807, 2.05) is 70.2 Å². The van der Waals surface area contributed by atoms with Crippen molar-refractivity contribution in [2.45, 2.75) is 46.6 Å². The van der Waals surface area contributed by atoms with Crippen molar-refractivity contribution in [3.8, 4) is 11.5 Å². The third kappa shape index (κ3) is 8.41. The summed E-state index contributed by atoms with van der Waals surface area (Å²) in [7, 11) is 0. The number of para-hydroxylation sites is 2. The molecule has 0 saturated heterocycles. The van der Waals surface area contributed by atoms with Crippen LogP contribution in [0.2, 0.25) is 0 Å². The van der Waals surface area contributed by atoms with Gasteiger partial charge in [-0.2, -0.15) is 5.10 Å². The van der Waals surface area contributed by atoms with Crippen molar-refractivity contribution in [2.24, 2.45) is 11.0 Å². The highest BCUT2D eigenvalue weighted by atomic mass is 16.5. The van der Waals surface area contributed by atoms with Crippen molar-refractivity contribution >= 4 is 18.0 Å². The van der Waals surface area contributed by atoms with E-state index in [2.05, 4.69) is 15.8 Å². The fraction of sp³-hybridized carbons (Fsp3) is 0.400. The van der Waals surface area contributed by atoms with Gasteiger partial charge in [0.25, 0.3) is 11.8 Å². The van der Waals surface area contributed by atoms with Gasteiger partial charge in [0.2, 0.25) is 0 Å². The van der Waals surface area contributed by atoms with Crippen molar-refractivity contribution in [3.05, 3.63) is 59.7 Å². The maximum absolute atomic E-state index is 12.7. The molecule has 0 radical (unpaired) electrons. The van der Waals surface area contributed by atoms with Gasteiger partial charge in [-0.25, -0.2) is 5.43 Å². The van der Waals surface area contributed by atoms with Crippen LogP contribution in [-0.2, 0) is 9.59 Å². The first-order chi connectivity index (χ1) is 15.4. The molecule has 0 saturated carbocycles. The van der Waals surface area contributed by atoms with E-state index in [9.17, 15) is 9.59 Å². The van der Waals surface area contributed by atoms with E-state index in [0.29, 0.717) is 24.5 Å². The first-order valence-corrected chi connectivity index (χ1v) is 10.9. The molecule has 0 aromatic heterocycles. The quantitative estimate of drug-likeness (QED) is 0.388. The molecule has 0 unspecified atom stereocenters. The van der Waals surface area contributed by atoms with E-state index in [-0.39, 0.29) is 24.3 Å². The van der Waals surface area contributed by atoms with Crippen LogP contribution in [0, 0.1) is 12.8 Å². The number of hydrazone groups is 1. The number of nitrogens with one attached hydrogen (secondary N) is 2. The lowest BCUT2D eigenvalue weighted by atomic mass is 10.0. The Labute approximate surface area is 190 Å². The highest BCUT2D eigenvalue weighted by molar-refractivity contribution is 5.89. The Kier molecular flexibility index (Phi) is 10.2. The van der Waals surface area contributed by atoms with Gasteiger partial charge >= 0.3 is 0 Å². The first-order valence-electron chi connectivity index (χ1n) is 10.9. The lowest BCUT2D eigenvalue weighted by Gasteiger charge is -2.19. The monoisotopic (exact) mass is 439 g/mol. The molecule has 0 aliphatic carbocycles. The summed E-state index contributed by atoms with van der Waals surface area (Å²) in [5.41, 5.74) is 4.23. The number of ether oxygens (including phenoxy) is 2. The highest BCUT2D eigenvalue weighted by Crippen LogP contribution is 2.17. The molecule has 0 aliphatic heterocycles. The number of carbonyl (C=O) groups excluding carboxylic acids is 2. The summed E-state index contributed by atoms with van der Waals surface area (Å²) >= 11 is 0. The van der Waals surface area contributed by atoms with Crippen LogP contribution in [0.1, 0.15) is 44.7 Å². The van der Waals surface area contributed by atoms with Gasteiger partial charge in [0.15, 0.2) is 6.61 Å². The minimum atomic E-state index is -0.716. The van der Waals surface area contributed by atoms with Crippen molar-refractivity contribution in [1.82, 2.24) is 10.7 Å². The molecule has 0 aliphatic rings. The topological polar surface area (TPSA) is 89.0 Å². The molecule has 0 heterocycles. The van der Waals surface area contributed by atoms with Gasteiger partial charge in [-0.15, -0.1) is 0 Å². The van der Waals surface area contributed by atoms with Gasteiger partial charge in [-0.3, -0.25) is 9.59 Å². The molecule has 2 rings (SSSR count). The average Bonchev–Trinajstić information content (AvgIpc) is 2.77. The van der Waals surface area contributed by atoms with Crippen LogP contribution < -0.4 is 20.2 Å². The van der Waals surface area contributed by atoms with Crippen LogP contribution in [0.15, 0.2) is 53.6 Å². The molecule has 0 spiro atoms. The van der Waals surface area contributed by atoms with Crippen LogP contribution in [0.5, 0.6) is 11.5 Å². The Hall–Kier alpha value is -3.35. The van der Waals surface area contributed by atoms with Crippen molar-refractivity contribution in [3.63, 3.8) is 0 Å². The van der Waals surface area contributed by atoms with Crippen LogP contribution in [-0.4, -0.2) is 37.3 Å². The maximum atomic E-state index is 12.7. The SMILES string of the molecule is CCCOc1ccccc1/C=N\NC(=O)[C@@H](CC(C)C)NC(=O)COc1ccccc1C. The van der Waals surface area contributed by atoms with Gasteiger partial charge in [-0.05, 0) is 49.4 Å². The third-order valence-corrected chi connectivity index (χ3v) is 4.57. The minimum Gasteiger partial charge on any atom is -0.493 e. The number of rotatable bonds is 12. The van der Waals surface area contributed by atoms with E-state index in [1.54, 1.807) is 12.3 Å². The van der Waals surface area contributed by atoms with E-state index in [0.717, 1.165) is 17.5 Å². The first kappa shape index (κ1) is 24.9. The average molecular weight is 440 g/mol. The van der Waals surface area contributed by atoms with Gasteiger partial charge in [0, 0.05) is 5.56 Å². The molecule has 32 heavy (non-hydrogen) atoms. The number of hydrogen-bond acceptors (Lipinski definition) is 5. The Bertz CT molecular complexity index is 912. The van der Waals surface area contributed by atoms with Crippen LogP contribution in [0.3, 0.4) is 0 Å². The van der Waals surface area contributed by atoms with E-state index in [4.69, 9.17) is 9.47 Å². The molecule has 2 amide bonds. The second-order valence-electron chi connectivity index (χ2n) is 7.92. The van der Waals surface area contributed by atoms with E-state index < -0.39 is 6.04 Å². The summed E-state index contributed by atoms with van der Waals surface area (Å²) < 4.78 is 11.3. The van der Waals surface area contributed by atoms with Gasteiger partial charge < -0.3 is 14.8 Å². The summed E-state index contributed by atoms with van der Waals surface area (Å²) in [6.45, 7) is 8.35. The maximum Gasteiger partial charge on any atom is 0.262 e. The number of aryl methyl sites for hydroxylation is 1. The molecule has 0 fully saturated rings. The number of amides is 2. The predicted octanol–water partition coefficient (Wildman–Crippen LogP) is 3.84. The zero-order valence-electron chi connectivity index (χ0n) is 19.3. The molecule has 7 nitrogen and oxygen atoms in total. The largest absolute Gasteiger partial charge is 0.493 e. The molecular formula is C25H33N3O4. The number of nitrogens with zero attached hydrogens (tertiary/aromatic N) is 1. The number of hydrogen-bond donors (Lipinski definition) is 2. The van der Waals surface area contributed by atoms with Crippen LogP contribution in [0.4, 0.5) is 0 Å². The number of carbonyl (C=O) groups is 2. The van der Waals surface area contributed by atoms with Crippen molar-refractivity contribution < 1.29 is 19.1 Å². The molecule has 2 N–H and O–H groups in total. The molecule has 0 bridgehead atoms. The summed E-state index contributed by atoms with van der Waals surface area (Å²) in [5.74, 6) is 0.798. The Morgan fingerprint density at radius 3 is 2.41 bits per heavy atom. The van der Waals surface area contributed by atoms with Crippen LogP contribution >= 0.6 is 0 Å². The van der Waals surface area contributed by atoms with Crippen LogP contribution in [0.25, 0.3) is 0 Å².